The number of aliphatic hydroxyl groups is 1. The van der Waals surface area contributed by atoms with E-state index in [9.17, 15) is 10.2 Å². The van der Waals surface area contributed by atoms with Gasteiger partial charge in [-0.2, -0.15) is 0 Å². The first-order valence-electron chi connectivity index (χ1n) is 7.74. The lowest BCUT2D eigenvalue weighted by Gasteiger charge is -2.39. The first kappa shape index (κ1) is 14.4. The molecule has 1 aromatic carbocycles. The van der Waals surface area contributed by atoms with E-state index in [0.29, 0.717) is 6.04 Å². The van der Waals surface area contributed by atoms with Gasteiger partial charge in [0.2, 0.25) is 0 Å². The van der Waals surface area contributed by atoms with Crippen molar-refractivity contribution in [1.29, 1.82) is 0 Å². The number of nitrogens with one attached hydrogen (secondary N) is 1. The highest BCUT2D eigenvalue weighted by Crippen LogP contribution is 2.30. The van der Waals surface area contributed by atoms with Gasteiger partial charge in [-0.3, -0.25) is 4.90 Å². The Morgan fingerprint density at radius 3 is 3.10 bits per heavy atom. The van der Waals surface area contributed by atoms with Gasteiger partial charge in [0.15, 0.2) is 0 Å². The Balaban J connectivity index is 1.85. The van der Waals surface area contributed by atoms with Crippen molar-refractivity contribution in [2.45, 2.75) is 44.7 Å². The molecular weight excluding hydrogens is 266 g/mol. The van der Waals surface area contributed by atoms with Crippen molar-refractivity contribution in [2.24, 2.45) is 0 Å². The second-order valence-electron chi connectivity index (χ2n) is 5.90. The molecule has 5 nitrogen and oxygen atoms in total. The monoisotopic (exact) mass is 289 g/mol. The SMILES string of the molecule is CC(c1nc2ccc(O)cc2[nH]1)N1CCCCC1CCO. The Kier molecular flexibility index (Phi) is 4.12. The summed E-state index contributed by atoms with van der Waals surface area (Å²) in [6, 6.07) is 5.82. The van der Waals surface area contributed by atoms with E-state index in [0.717, 1.165) is 36.2 Å². The van der Waals surface area contributed by atoms with Crippen LogP contribution in [-0.2, 0) is 0 Å². The smallest absolute Gasteiger partial charge is 0.124 e. The lowest BCUT2D eigenvalue weighted by molar-refractivity contribution is 0.0794. The Morgan fingerprint density at radius 1 is 1.43 bits per heavy atom. The Labute approximate surface area is 124 Å². The molecule has 0 saturated carbocycles. The molecular formula is C16H23N3O2. The molecule has 1 saturated heterocycles. The van der Waals surface area contributed by atoms with Crippen LogP contribution in [0, 0.1) is 0 Å². The van der Waals surface area contributed by atoms with Gasteiger partial charge in [-0.15, -0.1) is 0 Å². The molecule has 1 aromatic heterocycles. The maximum Gasteiger partial charge on any atom is 0.124 e. The van der Waals surface area contributed by atoms with Gasteiger partial charge < -0.3 is 15.2 Å². The first-order valence-corrected chi connectivity index (χ1v) is 7.74. The van der Waals surface area contributed by atoms with Crippen molar-refractivity contribution in [1.82, 2.24) is 14.9 Å². The Bertz CT molecular complexity index is 609. The summed E-state index contributed by atoms with van der Waals surface area (Å²) in [5, 5.41) is 18.8. The highest BCUT2D eigenvalue weighted by Gasteiger charge is 2.28. The zero-order chi connectivity index (χ0) is 14.8. The first-order chi connectivity index (χ1) is 10.2. The predicted octanol–water partition coefficient (Wildman–Crippen LogP) is 2.57. The zero-order valence-electron chi connectivity index (χ0n) is 12.4. The van der Waals surface area contributed by atoms with Crippen molar-refractivity contribution in [3.05, 3.63) is 24.0 Å². The fourth-order valence-electron chi connectivity index (χ4n) is 3.36. The number of H-pyrrole nitrogens is 1. The number of rotatable bonds is 4. The third-order valence-electron chi connectivity index (χ3n) is 4.51. The van der Waals surface area contributed by atoms with E-state index in [1.165, 1.54) is 12.8 Å². The molecule has 0 spiro atoms. The van der Waals surface area contributed by atoms with E-state index in [1.54, 1.807) is 12.1 Å². The summed E-state index contributed by atoms with van der Waals surface area (Å²) in [6.07, 6.45) is 4.41. The van der Waals surface area contributed by atoms with Gasteiger partial charge in [0.05, 0.1) is 17.1 Å². The van der Waals surface area contributed by atoms with Gasteiger partial charge in [-0.05, 0) is 44.9 Å². The summed E-state index contributed by atoms with van der Waals surface area (Å²) in [5.41, 5.74) is 1.75. The minimum Gasteiger partial charge on any atom is -0.508 e. The number of aliphatic hydroxyl groups excluding tert-OH is 1. The number of imidazole rings is 1. The third kappa shape index (κ3) is 2.89. The molecule has 3 N–H and O–H groups in total. The normalized spacial score (nSPS) is 21.7. The van der Waals surface area contributed by atoms with E-state index in [1.807, 2.05) is 6.07 Å². The predicted molar refractivity (Wildman–Crippen MR) is 82.2 cm³/mol. The van der Waals surface area contributed by atoms with Crippen molar-refractivity contribution in [3.63, 3.8) is 0 Å². The fraction of sp³-hybridized carbons (Fsp3) is 0.562. The molecule has 0 amide bonds. The molecule has 1 fully saturated rings. The van der Waals surface area contributed by atoms with Crippen LogP contribution in [0.4, 0.5) is 0 Å². The molecule has 2 aromatic rings. The van der Waals surface area contributed by atoms with E-state index in [-0.39, 0.29) is 18.4 Å². The Morgan fingerprint density at radius 2 is 2.29 bits per heavy atom. The van der Waals surface area contributed by atoms with Crippen LogP contribution in [0.1, 0.15) is 44.5 Å². The fourth-order valence-corrected chi connectivity index (χ4v) is 3.36. The van der Waals surface area contributed by atoms with Gasteiger partial charge in [-0.1, -0.05) is 6.42 Å². The van der Waals surface area contributed by atoms with Gasteiger partial charge in [0, 0.05) is 18.7 Å². The number of benzene rings is 1. The van der Waals surface area contributed by atoms with Crippen molar-refractivity contribution in [3.8, 4) is 5.75 Å². The topological polar surface area (TPSA) is 72.4 Å². The van der Waals surface area contributed by atoms with Crippen LogP contribution < -0.4 is 0 Å². The molecule has 1 aliphatic heterocycles. The van der Waals surface area contributed by atoms with Crippen molar-refractivity contribution in [2.75, 3.05) is 13.2 Å². The maximum atomic E-state index is 9.55. The second kappa shape index (κ2) is 6.03. The van der Waals surface area contributed by atoms with Crippen LogP contribution in [0.5, 0.6) is 5.75 Å². The van der Waals surface area contributed by atoms with Gasteiger partial charge >= 0.3 is 0 Å². The number of aromatic nitrogens is 2. The van der Waals surface area contributed by atoms with Gasteiger partial charge in [0.1, 0.15) is 11.6 Å². The standard InChI is InChI=1S/C16H23N3O2/c1-11(19-8-3-2-4-12(19)7-9-20)16-17-14-6-5-13(21)10-15(14)18-16/h5-6,10-12,20-21H,2-4,7-9H2,1H3,(H,17,18). The minimum absolute atomic E-state index is 0.191. The summed E-state index contributed by atoms with van der Waals surface area (Å²) < 4.78 is 0. The molecule has 3 rings (SSSR count). The van der Waals surface area contributed by atoms with Crippen LogP contribution in [0.3, 0.4) is 0 Å². The van der Waals surface area contributed by atoms with Crippen molar-refractivity contribution >= 4 is 11.0 Å². The lowest BCUT2D eigenvalue weighted by Crippen LogP contribution is -2.41. The highest BCUT2D eigenvalue weighted by atomic mass is 16.3. The van der Waals surface area contributed by atoms with Crippen molar-refractivity contribution < 1.29 is 10.2 Å². The highest BCUT2D eigenvalue weighted by molar-refractivity contribution is 5.76. The van der Waals surface area contributed by atoms with Crippen LogP contribution in [0.25, 0.3) is 11.0 Å². The number of phenolic OH excluding ortho intramolecular Hbond substituents is 1. The molecule has 1 aliphatic rings. The molecule has 21 heavy (non-hydrogen) atoms. The van der Waals surface area contributed by atoms with E-state index >= 15 is 0 Å². The second-order valence-corrected chi connectivity index (χ2v) is 5.90. The zero-order valence-corrected chi connectivity index (χ0v) is 12.4. The molecule has 2 heterocycles. The number of hydrogen-bond donors (Lipinski definition) is 3. The van der Waals surface area contributed by atoms with Crippen LogP contribution in [0.15, 0.2) is 18.2 Å². The average molecular weight is 289 g/mol. The molecule has 0 aliphatic carbocycles. The lowest BCUT2D eigenvalue weighted by atomic mass is 9.97. The quantitative estimate of drug-likeness (QED) is 0.809. The van der Waals surface area contributed by atoms with Crippen LogP contribution in [-0.4, -0.2) is 44.3 Å². The molecule has 2 atom stereocenters. The molecule has 0 radical (unpaired) electrons. The number of aromatic hydroxyl groups is 1. The third-order valence-corrected chi connectivity index (χ3v) is 4.51. The average Bonchev–Trinajstić information content (AvgIpc) is 2.90. The van der Waals surface area contributed by atoms with Crippen LogP contribution in [0.2, 0.25) is 0 Å². The Hall–Kier alpha value is -1.59. The van der Waals surface area contributed by atoms with Crippen LogP contribution >= 0.6 is 0 Å². The number of likely N-dealkylation sites (tertiary alicyclic amines) is 1. The maximum absolute atomic E-state index is 9.55. The number of fused-ring (bicyclic) bond motifs is 1. The number of phenols is 1. The number of hydrogen-bond acceptors (Lipinski definition) is 4. The number of nitrogens with zero attached hydrogens (tertiary/aromatic N) is 2. The van der Waals surface area contributed by atoms with E-state index in [2.05, 4.69) is 21.8 Å². The van der Waals surface area contributed by atoms with Gasteiger partial charge in [0.25, 0.3) is 0 Å². The summed E-state index contributed by atoms with van der Waals surface area (Å²) >= 11 is 0. The summed E-state index contributed by atoms with van der Waals surface area (Å²) in [5.74, 6) is 1.18. The van der Waals surface area contributed by atoms with Gasteiger partial charge in [-0.25, -0.2) is 4.98 Å². The van der Waals surface area contributed by atoms with E-state index < -0.39 is 0 Å². The minimum atomic E-state index is 0.191. The molecule has 0 bridgehead atoms. The number of aromatic amines is 1. The largest absolute Gasteiger partial charge is 0.508 e. The molecule has 5 heteroatoms. The summed E-state index contributed by atoms with van der Waals surface area (Å²) in [7, 11) is 0. The summed E-state index contributed by atoms with van der Waals surface area (Å²) in [4.78, 5) is 10.4. The van der Waals surface area contributed by atoms with E-state index in [4.69, 9.17) is 0 Å². The summed E-state index contributed by atoms with van der Waals surface area (Å²) in [6.45, 7) is 3.45. The molecule has 114 valence electrons. The molecule has 2 unspecified atom stereocenters. The number of piperidine rings is 1.